The predicted octanol–water partition coefficient (Wildman–Crippen LogP) is 3.58. The maximum absolute atomic E-state index is 12.4. The molecule has 136 valence electrons. The first-order valence-electron chi connectivity index (χ1n) is 8.81. The largest absolute Gasteiger partial charge is 0.378 e. The van der Waals surface area contributed by atoms with Crippen LogP contribution in [0.5, 0.6) is 0 Å². The van der Waals surface area contributed by atoms with Crippen molar-refractivity contribution in [2.24, 2.45) is 11.8 Å². The molecule has 5 nitrogen and oxygen atoms in total. The van der Waals surface area contributed by atoms with Crippen LogP contribution in [0, 0.1) is 25.7 Å². The summed E-state index contributed by atoms with van der Waals surface area (Å²) in [5.74, 6) is -0.687. The minimum Gasteiger partial charge on any atom is -0.378 e. The van der Waals surface area contributed by atoms with E-state index in [1.807, 2.05) is 69.2 Å². The summed E-state index contributed by atoms with van der Waals surface area (Å²) in [6.45, 7) is 4.00. The van der Waals surface area contributed by atoms with Gasteiger partial charge in [-0.3, -0.25) is 9.59 Å². The number of anilines is 3. The molecule has 2 atom stereocenters. The molecule has 0 spiro atoms. The third-order valence-electron chi connectivity index (χ3n) is 4.60. The van der Waals surface area contributed by atoms with Gasteiger partial charge in [0.2, 0.25) is 11.8 Å². The molecule has 3 rings (SSSR count). The van der Waals surface area contributed by atoms with E-state index in [0.29, 0.717) is 6.42 Å². The lowest BCUT2D eigenvalue weighted by atomic mass is 10.1. The lowest BCUT2D eigenvalue weighted by Crippen LogP contribution is -2.20. The number of aryl methyl sites for hydroxylation is 2. The van der Waals surface area contributed by atoms with E-state index in [-0.39, 0.29) is 23.7 Å². The Hall–Kier alpha value is -2.82. The maximum Gasteiger partial charge on any atom is 0.228 e. The standard InChI is InChI=1S/C21H25N3O2/c1-13-9-14(2)11-16(10-13)23-21(26)19-12-18(19)20(25)22-15-5-7-17(8-6-15)24(3)4/h5-11,18-19H,12H2,1-4H3,(H,22,25)(H,23,26). The van der Waals surface area contributed by atoms with Crippen molar-refractivity contribution < 1.29 is 9.59 Å². The molecule has 1 aliphatic carbocycles. The summed E-state index contributed by atoms with van der Waals surface area (Å²) in [4.78, 5) is 26.8. The van der Waals surface area contributed by atoms with Crippen molar-refractivity contribution in [1.82, 2.24) is 0 Å². The number of nitrogens with zero attached hydrogens (tertiary/aromatic N) is 1. The molecule has 2 N–H and O–H groups in total. The van der Waals surface area contributed by atoms with E-state index < -0.39 is 0 Å². The van der Waals surface area contributed by atoms with Crippen LogP contribution in [0.2, 0.25) is 0 Å². The number of benzene rings is 2. The number of hydrogen-bond donors (Lipinski definition) is 2. The zero-order valence-corrected chi connectivity index (χ0v) is 15.7. The third kappa shape index (κ3) is 4.23. The maximum atomic E-state index is 12.4. The molecule has 0 aromatic heterocycles. The van der Waals surface area contributed by atoms with Crippen LogP contribution in [-0.2, 0) is 9.59 Å². The van der Waals surface area contributed by atoms with E-state index in [4.69, 9.17) is 0 Å². The Kier molecular flexibility index (Phi) is 4.98. The Labute approximate surface area is 154 Å². The molecule has 2 amide bonds. The van der Waals surface area contributed by atoms with Crippen LogP contribution in [0.4, 0.5) is 17.1 Å². The summed E-state index contributed by atoms with van der Waals surface area (Å²) in [7, 11) is 3.94. The normalized spacial score (nSPS) is 18.2. The van der Waals surface area contributed by atoms with Gasteiger partial charge in [0, 0.05) is 31.2 Å². The quantitative estimate of drug-likeness (QED) is 0.865. The van der Waals surface area contributed by atoms with Gasteiger partial charge in [-0.25, -0.2) is 0 Å². The molecule has 2 unspecified atom stereocenters. The minimum atomic E-state index is -0.255. The van der Waals surface area contributed by atoms with Crippen molar-refractivity contribution >= 4 is 28.9 Å². The molecule has 5 heteroatoms. The topological polar surface area (TPSA) is 61.4 Å². The first kappa shape index (κ1) is 18.0. The number of carbonyl (C=O) groups excluding carboxylic acids is 2. The van der Waals surface area contributed by atoms with E-state index in [1.54, 1.807) is 0 Å². The van der Waals surface area contributed by atoms with Crippen molar-refractivity contribution in [2.75, 3.05) is 29.6 Å². The van der Waals surface area contributed by atoms with Crippen molar-refractivity contribution in [2.45, 2.75) is 20.3 Å². The summed E-state index contributed by atoms with van der Waals surface area (Å²) in [6, 6.07) is 13.6. The highest BCUT2D eigenvalue weighted by Crippen LogP contribution is 2.40. The van der Waals surface area contributed by atoms with Crippen LogP contribution in [0.25, 0.3) is 0 Å². The first-order valence-corrected chi connectivity index (χ1v) is 8.81. The second-order valence-corrected chi connectivity index (χ2v) is 7.24. The number of carbonyl (C=O) groups is 2. The van der Waals surface area contributed by atoms with Crippen molar-refractivity contribution in [3.8, 4) is 0 Å². The van der Waals surface area contributed by atoms with Gasteiger partial charge >= 0.3 is 0 Å². The fourth-order valence-electron chi connectivity index (χ4n) is 3.13. The monoisotopic (exact) mass is 351 g/mol. The Bertz CT molecular complexity index is 807. The lowest BCUT2D eigenvalue weighted by molar-refractivity contribution is -0.122. The summed E-state index contributed by atoms with van der Waals surface area (Å²) in [6.07, 6.45) is 0.595. The molecule has 26 heavy (non-hydrogen) atoms. The van der Waals surface area contributed by atoms with E-state index >= 15 is 0 Å². The molecule has 0 saturated heterocycles. The second-order valence-electron chi connectivity index (χ2n) is 7.24. The molecular formula is C21H25N3O2. The van der Waals surface area contributed by atoms with Gasteiger partial charge < -0.3 is 15.5 Å². The molecular weight excluding hydrogens is 326 g/mol. The van der Waals surface area contributed by atoms with Crippen molar-refractivity contribution in [3.05, 3.63) is 53.6 Å². The third-order valence-corrected chi connectivity index (χ3v) is 4.60. The predicted molar refractivity (Wildman–Crippen MR) is 106 cm³/mol. The van der Waals surface area contributed by atoms with Gasteiger partial charge in [0.05, 0.1) is 11.8 Å². The average Bonchev–Trinajstić information content (AvgIpc) is 3.35. The van der Waals surface area contributed by atoms with Crippen LogP contribution in [0.15, 0.2) is 42.5 Å². The summed E-state index contributed by atoms with van der Waals surface area (Å²) >= 11 is 0. The van der Waals surface area contributed by atoms with E-state index in [2.05, 4.69) is 16.7 Å². The zero-order chi connectivity index (χ0) is 18.8. The zero-order valence-electron chi connectivity index (χ0n) is 15.7. The molecule has 2 aromatic rings. The molecule has 1 saturated carbocycles. The van der Waals surface area contributed by atoms with Gasteiger partial charge in [-0.15, -0.1) is 0 Å². The van der Waals surface area contributed by atoms with Crippen molar-refractivity contribution in [1.29, 1.82) is 0 Å². The Morgan fingerprint density at radius 2 is 1.35 bits per heavy atom. The first-order chi connectivity index (χ1) is 12.3. The van der Waals surface area contributed by atoms with Gasteiger partial charge in [-0.1, -0.05) is 6.07 Å². The molecule has 0 radical (unpaired) electrons. The van der Waals surface area contributed by atoms with Gasteiger partial charge in [0.15, 0.2) is 0 Å². The number of hydrogen-bond acceptors (Lipinski definition) is 3. The highest BCUT2D eigenvalue weighted by molar-refractivity contribution is 6.03. The Morgan fingerprint density at radius 1 is 0.846 bits per heavy atom. The highest BCUT2D eigenvalue weighted by atomic mass is 16.2. The minimum absolute atomic E-state index is 0.0851. The molecule has 0 bridgehead atoms. The van der Waals surface area contributed by atoms with Crippen LogP contribution in [0.3, 0.4) is 0 Å². The number of amides is 2. The summed E-state index contributed by atoms with van der Waals surface area (Å²) in [5.41, 5.74) is 4.82. The fraction of sp³-hybridized carbons (Fsp3) is 0.333. The molecule has 0 heterocycles. The Morgan fingerprint density at radius 3 is 1.85 bits per heavy atom. The molecule has 1 fully saturated rings. The van der Waals surface area contributed by atoms with Crippen molar-refractivity contribution in [3.63, 3.8) is 0 Å². The van der Waals surface area contributed by atoms with Gasteiger partial charge in [-0.2, -0.15) is 0 Å². The van der Waals surface area contributed by atoms with Crippen LogP contribution < -0.4 is 15.5 Å². The number of nitrogens with one attached hydrogen (secondary N) is 2. The summed E-state index contributed by atoms with van der Waals surface area (Å²) < 4.78 is 0. The van der Waals surface area contributed by atoms with E-state index in [0.717, 1.165) is 28.2 Å². The van der Waals surface area contributed by atoms with Crippen LogP contribution in [0.1, 0.15) is 17.5 Å². The van der Waals surface area contributed by atoms with Gasteiger partial charge in [0.25, 0.3) is 0 Å². The van der Waals surface area contributed by atoms with E-state index in [1.165, 1.54) is 0 Å². The second kappa shape index (κ2) is 7.20. The highest BCUT2D eigenvalue weighted by Gasteiger charge is 2.48. The van der Waals surface area contributed by atoms with Crippen LogP contribution >= 0.6 is 0 Å². The van der Waals surface area contributed by atoms with Gasteiger partial charge in [0.1, 0.15) is 0 Å². The Balaban J connectivity index is 1.55. The average molecular weight is 351 g/mol. The van der Waals surface area contributed by atoms with Gasteiger partial charge in [-0.05, 0) is 67.8 Å². The van der Waals surface area contributed by atoms with Crippen LogP contribution in [-0.4, -0.2) is 25.9 Å². The lowest BCUT2D eigenvalue weighted by Gasteiger charge is -2.13. The summed E-state index contributed by atoms with van der Waals surface area (Å²) in [5, 5.41) is 5.83. The number of rotatable bonds is 5. The molecule has 2 aromatic carbocycles. The molecule has 1 aliphatic rings. The molecule has 0 aliphatic heterocycles. The fourth-order valence-corrected chi connectivity index (χ4v) is 3.13. The van der Waals surface area contributed by atoms with E-state index in [9.17, 15) is 9.59 Å². The smallest absolute Gasteiger partial charge is 0.228 e. The SMILES string of the molecule is Cc1cc(C)cc(NC(=O)C2CC2C(=O)Nc2ccc(N(C)C)cc2)c1.